The van der Waals surface area contributed by atoms with E-state index in [0.29, 0.717) is 21.2 Å². The number of methoxy groups -OCH3 is 1. The summed E-state index contributed by atoms with van der Waals surface area (Å²) in [5, 5.41) is 3.71. The molecule has 3 aromatic rings. The first-order chi connectivity index (χ1) is 11.0. The first kappa shape index (κ1) is 15.6. The highest BCUT2D eigenvalue weighted by atomic mass is 35.5. The summed E-state index contributed by atoms with van der Waals surface area (Å²) < 4.78 is 19.1. The second-order valence-corrected chi connectivity index (χ2v) is 5.49. The fourth-order valence-corrected chi connectivity index (χ4v) is 2.52. The van der Waals surface area contributed by atoms with Gasteiger partial charge in [0, 0.05) is 5.02 Å². The Hall–Kier alpha value is -2.31. The molecule has 0 saturated carbocycles. The van der Waals surface area contributed by atoms with Gasteiger partial charge in [-0.15, -0.1) is 0 Å². The molecule has 23 heavy (non-hydrogen) atoms. The van der Waals surface area contributed by atoms with E-state index in [2.05, 4.69) is 20.0 Å². The Balaban J connectivity index is 2.01. The number of aromatic amines is 1. The number of nitrogens with zero attached hydrogens (tertiary/aromatic N) is 1. The second-order valence-electron chi connectivity index (χ2n) is 4.65. The van der Waals surface area contributed by atoms with Crippen molar-refractivity contribution in [1.29, 1.82) is 0 Å². The maximum absolute atomic E-state index is 14.6. The molecule has 1 heterocycles. The summed E-state index contributed by atoms with van der Waals surface area (Å²) >= 11 is 11.9. The fourth-order valence-electron chi connectivity index (χ4n) is 2.07. The van der Waals surface area contributed by atoms with Crippen LogP contribution >= 0.6 is 23.2 Å². The Morgan fingerprint density at radius 3 is 2.70 bits per heavy atom. The quantitative estimate of drug-likeness (QED) is 0.678. The van der Waals surface area contributed by atoms with Gasteiger partial charge in [0.25, 0.3) is 0 Å². The van der Waals surface area contributed by atoms with E-state index < -0.39 is 11.8 Å². The number of fused-ring (bicyclic) bond motifs is 1. The zero-order valence-electron chi connectivity index (χ0n) is 11.8. The van der Waals surface area contributed by atoms with Crippen LogP contribution in [0.25, 0.3) is 11.0 Å². The number of rotatable bonds is 3. The Labute approximate surface area is 140 Å². The first-order valence-corrected chi connectivity index (χ1v) is 7.24. The van der Waals surface area contributed by atoms with Gasteiger partial charge in [0.15, 0.2) is 5.82 Å². The predicted octanol–water partition coefficient (Wildman–Crippen LogP) is 4.54. The zero-order chi connectivity index (χ0) is 16.6. The van der Waals surface area contributed by atoms with Gasteiger partial charge < -0.3 is 15.0 Å². The summed E-state index contributed by atoms with van der Waals surface area (Å²) in [5.41, 5.74) is 1.08. The minimum Gasteiger partial charge on any atom is -0.463 e. The van der Waals surface area contributed by atoms with E-state index in [1.165, 1.54) is 13.2 Å². The number of carbonyl (C=O) groups excluding carboxylic acids is 1. The van der Waals surface area contributed by atoms with Gasteiger partial charge in [-0.2, -0.15) is 0 Å². The molecule has 5 nitrogen and oxygen atoms in total. The standard InChI is InChI=1S/C15H10Cl2FN3O2/c1-23-15(22)14-20-11-5-4-10(12(18)13(11)21-14)19-9-3-2-7(16)6-8(9)17/h2-6,19H,1H3,(H,20,21). The molecule has 3 rings (SSSR count). The maximum atomic E-state index is 14.6. The number of benzene rings is 2. The summed E-state index contributed by atoms with van der Waals surface area (Å²) in [6, 6.07) is 7.94. The number of esters is 1. The van der Waals surface area contributed by atoms with E-state index in [-0.39, 0.29) is 17.0 Å². The number of hydrogen-bond acceptors (Lipinski definition) is 4. The van der Waals surface area contributed by atoms with Gasteiger partial charge in [0.05, 0.1) is 29.0 Å². The molecule has 0 unspecified atom stereocenters. The Morgan fingerprint density at radius 2 is 2.00 bits per heavy atom. The van der Waals surface area contributed by atoms with Gasteiger partial charge in [-0.25, -0.2) is 14.2 Å². The molecule has 0 fully saturated rings. The predicted molar refractivity (Wildman–Crippen MR) is 87.1 cm³/mol. The van der Waals surface area contributed by atoms with Crippen molar-refractivity contribution in [1.82, 2.24) is 9.97 Å². The van der Waals surface area contributed by atoms with E-state index >= 15 is 0 Å². The molecule has 0 spiro atoms. The molecule has 0 aliphatic rings. The lowest BCUT2D eigenvalue weighted by Gasteiger charge is -2.09. The van der Waals surface area contributed by atoms with Gasteiger partial charge >= 0.3 is 5.97 Å². The van der Waals surface area contributed by atoms with Crippen LogP contribution in [0.15, 0.2) is 30.3 Å². The summed E-state index contributed by atoms with van der Waals surface area (Å²) in [6.45, 7) is 0. The van der Waals surface area contributed by atoms with Crippen LogP contribution in [-0.2, 0) is 4.74 Å². The van der Waals surface area contributed by atoms with Crippen LogP contribution in [0.4, 0.5) is 15.8 Å². The first-order valence-electron chi connectivity index (χ1n) is 6.48. The Morgan fingerprint density at radius 1 is 1.26 bits per heavy atom. The second kappa shape index (κ2) is 6.06. The third-order valence-corrected chi connectivity index (χ3v) is 3.72. The average molecular weight is 354 g/mol. The van der Waals surface area contributed by atoms with Crippen LogP contribution in [0.5, 0.6) is 0 Å². The molecule has 0 aliphatic heterocycles. The summed E-state index contributed by atoms with van der Waals surface area (Å²) in [5.74, 6) is -1.35. The van der Waals surface area contributed by atoms with Crippen LogP contribution in [0.2, 0.25) is 10.0 Å². The molecular formula is C15H10Cl2FN3O2. The number of H-pyrrole nitrogens is 1. The number of anilines is 2. The fraction of sp³-hybridized carbons (Fsp3) is 0.0667. The van der Waals surface area contributed by atoms with Gasteiger partial charge in [0.1, 0.15) is 5.52 Å². The van der Waals surface area contributed by atoms with Crippen LogP contribution in [0, 0.1) is 5.82 Å². The number of aromatic nitrogens is 2. The minimum atomic E-state index is -0.671. The largest absolute Gasteiger partial charge is 0.463 e. The van der Waals surface area contributed by atoms with Crippen LogP contribution < -0.4 is 5.32 Å². The lowest BCUT2D eigenvalue weighted by atomic mass is 10.2. The molecule has 2 aromatic carbocycles. The summed E-state index contributed by atoms with van der Waals surface area (Å²) in [7, 11) is 1.22. The number of nitrogens with one attached hydrogen (secondary N) is 2. The molecule has 1 aromatic heterocycles. The van der Waals surface area contributed by atoms with Gasteiger partial charge in [-0.3, -0.25) is 0 Å². The van der Waals surface area contributed by atoms with Gasteiger partial charge in [0.2, 0.25) is 5.82 Å². The third-order valence-electron chi connectivity index (χ3n) is 3.17. The molecular weight excluding hydrogens is 344 g/mol. The van der Waals surface area contributed by atoms with Crippen molar-refractivity contribution in [3.8, 4) is 0 Å². The Kier molecular flexibility index (Phi) is 4.11. The van der Waals surface area contributed by atoms with Crippen LogP contribution in [-0.4, -0.2) is 23.0 Å². The minimum absolute atomic E-state index is 0.0282. The molecule has 0 aliphatic carbocycles. The summed E-state index contributed by atoms with van der Waals surface area (Å²) in [4.78, 5) is 18.1. The van der Waals surface area contributed by atoms with Crippen molar-refractivity contribution in [2.24, 2.45) is 0 Å². The van der Waals surface area contributed by atoms with E-state index in [9.17, 15) is 9.18 Å². The van der Waals surface area contributed by atoms with Gasteiger partial charge in [-0.05, 0) is 30.3 Å². The van der Waals surface area contributed by atoms with Gasteiger partial charge in [-0.1, -0.05) is 23.2 Å². The van der Waals surface area contributed by atoms with Crippen molar-refractivity contribution in [2.75, 3.05) is 12.4 Å². The maximum Gasteiger partial charge on any atom is 0.374 e. The number of carbonyl (C=O) groups is 1. The Bertz CT molecular complexity index is 911. The molecule has 0 atom stereocenters. The van der Waals surface area contributed by atoms with E-state index in [1.54, 1.807) is 24.3 Å². The summed E-state index contributed by atoms with van der Waals surface area (Å²) in [6.07, 6.45) is 0. The van der Waals surface area contributed by atoms with Crippen molar-refractivity contribution < 1.29 is 13.9 Å². The van der Waals surface area contributed by atoms with E-state index in [1.807, 2.05) is 0 Å². The molecule has 118 valence electrons. The SMILES string of the molecule is COC(=O)c1nc2c(F)c(Nc3ccc(Cl)cc3Cl)ccc2[nH]1. The average Bonchev–Trinajstić information content (AvgIpc) is 2.96. The lowest BCUT2D eigenvalue weighted by molar-refractivity contribution is 0.0588. The molecule has 2 N–H and O–H groups in total. The van der Waals surface area contributed by atoms with Crippen LogP contribution in [0.1, 0.15) is 10.6 Å². The smallest absolute Gasteiger partial charge is 0.374 e. The highest BCUT2D eigenvalue weighted by molar-refractivity contribution is 6.36. The van der Waals surface area contributed by atoms with Crippen molar-refractivity contribution in [3.05, 3.63) is 52.0 Å². The number of ether oxygens (including phenoxy) is 1. The molecule has 0 amide bonds. The molecule has 0 bridgehead atoms. The van der Waals surface area contributed by atoms with Crippen molar-refractivity contribution >= 4 is 51.6 Å². The zero-order valence-corrected chi connectivity index (χ0v) is 13.3. The lowest BCUT2D eigenvalue weighted by Crippen LogP contribution is -2.03. The third kappa shape index (κ3) is 2.95. The highest BCUT2D eigenvalue weighted by Gasteiger charge is 2.17. The van der Waals surface area contributed by atoms with E-state index in [4.69, 9.17) is 23.2 Å². The van der Waals surface area contributed by atoms with Crippen LogP contribution in [0.3, 0.4) is 0 Å². The number of halogens is 3. The normalized spacial score (nSPS) is 10.8. The monoisotopic (exact) mass is 353 g/mol. The van der Waals surface area contributed by atoms with Crippen molar-refractivity contribution in [3.63, 3.8) is 0 Å². The topological polar surface area (TPSA) is 67.0 Å². The molecule has 8 heteroatoms. The van der Waals surface area contributed by atoms with E-state index in [0.717, 1.165) is 0 Å². The highest BCUT2D eigenvalue weighted by Crippen LogP contribution is 2.31. The number of imidazole rings is 1. The molecule has 0 radical (unpaired) electrons. The van der Waals surface area contributed by atoms with Crippen molar-refractivity contribution in [2.45, 2.75) is 0 Å². The molecule has 0 saturated heterocycles. The number of hydrogen-bond donors (Lipinski definition) is 2.